The molecule has 6 heteroatoms. The van der Waals surface area contributed by atoms with Gasteiger partial charge in [0.1, 0.15) is 0 Å². The zero-order valence-electron chi connectivity index (χ0n) is 14.7. The van der Waals surface area contributed by atoms with E-state index in [1.54, 1.807) is 24.4 Å². The Hall–Kier alpha value is -2.95. The van der Waals surface area contributed by atoms with E-state index in [4.69, 9.17) is 23.2 Å². The third kappa shape index (κ3) is 3.84. The molecule has 0 unspecified atom stereocenters. The smallest absolute Gasteiger partial charge is 0.252 e. The Bertz CT molecular complexity index is 1160. The molecule has 0 aliphatic heterocycles. The predicted molar refractivity (Wildman–Crippen MR) is 113 cm³/mol. The number of nitrogens with one attached hydrogen (secondary N) is 1. The molecule has 4 rings (SSSR count). The third-order valence-electron chi connectivity index (χ3n) is 4.33. The number of hydrogen-bond acceptors (Lipinski definition) is 3. The van der Waals surface area contributed by atoms with Crippen molar-refractivity contribution >= 4 is 40.0 Å². The average molecular weight is 408 g/mol. The van der Waals surface area contributed by atoms with Gasteiger partial charge in [-0.25, -0.2) is 4.98 Å². The molecule has 4 nitrogen and oxygen atoms in total. The van der Waals surface area contributed by atoms with Gasteiger partial charge in [0.2, 0.25) is 0 Å². The molecule has 0 fully saturated rings. The van der Waals surface area contributed by atoms with Crippen LogP contribution >= 0.6 is 23.2 Å². The molecule has 2 heterocycles. The number of benzene rings is 2. The average Bonchev–Trinajstić information content (AvgIpc) is 2.74. The number of amides is 1. The van der Waals surface area contributed by atoms with Gasteiger partial charge in [0.15, 0.2) is 0 Å². The number of fused-ring (bicyclic) bond motifs is 1. The molecule has 28 heavy (non-hydrogen) atoms. The normalized spacial score (nSPS) is 10.8. The zero-order valence-corrected chi connectivity index (χ0v) is 16.2. The third-order valence-corrected chi connectivity index (χ3v) is 5.07. The first-order valence-electron chi connectivity index (χ1n) is 8.65. The Morgan fingerprint density at radius 3 is 2.54 bits per heavy atom. The summed E-state index contributed by atoms with van der Waals surface area (Å²) in [4.78, 5) is 21.8. The van der Waals surface area contributed by atoms with Gasteiger partial charge in [-0.05, 0) is 36.4 Å². The minimum atomic E-state index is -0.189. The van der Waals surface area contributed by atoms with Gasteiger partial charge in [-0.1, -0.05) is 53.5 Å². The van der Waals surface area contributed by atoms with E-state index in [9.17, 15) is 4.79 Å². The first-order valence-corrected chi connectivity index (χ1v) is 9.41. The van der Waals surface area contributed by atoms with Crippen molar-refractivity contribution in [2.45, 2.75) is 6.54 Å². The summed E-state index contributed by atoms with van der Waals surface area (Å²) in [7, 11) is 0. The van der Waals surface area contributed by atoms with Crippen LogP contribution in [-0.4, -0.2) is 15.9 Å². The molecule has 0 aliphatic carbocycles. The Morgan fingerprint density at radius 2 is 1.75 bits per heavy atom. The van der Waals surface area contributed by atoms with Gasteiger partial charge in [-0.3, -0.25) is 9.78 Å². The van der Waals surface area contributed by atoms with Crippen LogP contribution in [0.5, 0.6) is 0 Å². The fraction of sp³-hybridized carbons (Fsp3) is 0.0455. The van der Waals surface area contributed by atoms with Crippen molar-refractivity contribution in [3.05, 3.63) is 94.2 Å². The van der Waals surface area contributed by atoms with E-state index in [0.29, 0.717) is 27.8 Å². The molecule has 138 valence electrons. The van der Waals surface area contributed by atoms with Crippen LogP contribution in [0.1, 0.15) is 16.1 Å². The molecule has 0 atom stereocenters. The van der Waals surface area contributed by atoms with Gasteiger partial charge in [0, 0.05) is 17.1 Å². The maximum Gasteiger partial charge on any atom is 0.252 e. The summed E-state index contributed by atoms with van der Waals surface area (Å²) < 4.78 is 0. The molecule has 1 amide bonds. The van der Waals surface area contributed by atoms with E-state index in [1.165, 1.54) is 0 Å². The van der Waals surface area contributed by atoms with Crippen LogP contribution in [0, 0.1) is 0 Å². The molecular formula is C22H15Cl2N3O. The number of halogens is 2. The second kappa shape index (κ2) is 7.97. The molecule has 2 aromatic heterocycles. The van der Waals surface area contributed by atoms with Gasteiger partial charge in [0.05, 0.1) is 39.1 Å². The number of para-hydroxylation sites is 1. The van der Waals surface area contributed by atoms with Crippen molar-refractivity contribution < 1.29 is 4.79 Å². The zero-order chi connectivity index (χ0) is 19.5. The SMILES string of the molecule is O=C(NCc1ccccn1)c1cc(-c2ccc(Cl)c(Cl)c2)nc2ccccc12. The summed E-state index contributed by atoms with van der Waals surface area (Å²) in [5.41, 5.74) is 3.51. The summed E-state index contributed by atoms with van der Waals surface area (Å²) in [6, 6.07) is 20.2. The van der Waals surface area contributed by atoms with Gasteiger partial charge in [-0.15, -0.1) is 0 Å². The minimum Gasteiger partial charge on any atom is -0.346 e. The highest BCUT2D eigenvalue weighted by atomic mass is 35.5. The van der Waals surface area contributed by atoms with Crippen LogP contribution in [0.15, 0.2) is 72.9 Å². The van der Waals surface area contributed by atoms with Crippen LogP contribution < -0.4 is 5.32 Å². The second-order valence-electron chi connectivity index (χ2n) is 6.20. The van der Waals surface area contributed by atoms with Crippen molar-refractivity contribution in [2.75, 3.05) is 0 Å². The highest BCUT2D eigenvalue weighted by Gasteiger charge is 2.14. The van der Waals surface area contributed by atoms with Crippen LogP contribution in [0.2, 0.25) is 10.0 Å². The van der Waals surface area contributed by atoms with Crippen molar-refractivity contribution in [3.63, 3.8) is 0 Å². The number of carbonyl (C=O) groups excluding carboxylic acids is 1. The summed E-state index contributed by atoms with van der Waals surface area (Å²) in [5.74, 6) is -0.189. The highest BCUT2D eigenvalue weighted by Crippen LogP contribution is 2.30. The summed E-state index contributed by atoms with van der Waals surface area (Å²) in [6.45, 7) is 0.346. The van der Waals surface area contributed by atoms with Gasteiger partial charge in [0.25, 0.3) is 5.91 Å². The van der Waals surface area contributed by atoms with Gasteiger partial charge >= 0.3 is 0 Å². The number of carbonyl (C=O) groups is 1. The predicted octanol–water partition coefficient (Wildman–Crippen LogP) is 5.53. The Labute approximate surface area is 172 Å². The lowest BCUT2D eigenvalue weighted by atomic mass is 10.0. The maximum absolute atomic E-state index is 12.9. The van der Waals surface area contributed by atoms with Crippen molar-refractivity contribution in [1.82, 2.24) is 15.3 Å². The fourth-order valence-corrected chi connectivity index (χ4v) is 3.23. The lowest BCUT2D eigenvalue weighted by Crippen LogP contribution is -2.23. The monoisotopic (exact) mass is 407 g/mol. The molecule has 0 saturated heterocycles. The number of aromatic nitrogens is 2. The second-order valence-corrected chi connectivity index (χ2v) is 7.02. The quantitative estimate of drug-likeness (QED) is 0.483. The van der Waals surface area contributed by atoms with E-state index in [2.05, 4.69) is 15.3 Å². The van der Waals surface area contributed by atoms with E-state index in [1.807, 2.05) is 48.5 Å². The molecular weight excluding hydrogens is 393 g/mol. The van der Waals surface area contributed by atoms with E-state index in [0.717, 1.165) is 22.2 Å². The lowest BCUT2D eigenvalue weighted by Gasteiger charge is -2.11. The molecule has 0 radical (unpaired) electrons. The Kier molecular flexibility index (Phi) is 5.24. The topological polar surface area (TPSA) is 54.9 Å². The van der Waals surface area contributed by atoms with Crippen LogP contribution in [0.3, 0.4) is 0 Å². The van der Waals surface area contributed by atoms with Crippen molar-refractivity contribution in [1.29, 1.82) is 0 Å². The van der Waals surface area contributed by atoms with E-state index in [-0.39, 0.29) is 5.91 Å². The number of nitrogens with zero attached hydrogens (tertiary/aromatic N) is 2. The molecule has 2 aromatic carbocycles. The highest BCUT2D eigenvalue weighted by molar-refractivity contribution is 6.42. The van der Waals surface area contributed by atoms with Gasteiger partial charge < -0.3 is 5.32 Å². The summed E-state index contributed by atoms with van der Waals surface area (Å²) in [6.07, 6.45) is 1.70. The largest absolute Gasteiger partial charge is 0.346 e. The first-order chi connectivity index (χ1) is 13.6. The molecule has 4 aromatic rings. The van der Waals surface area contributed by atoms with Crippen LogP contribution in [0.25, 0.3) is 22.2 Å². The van der Waals surface area contributed by atoms with Crippen LogP contribution in [-0.2, 0) is 6.54 Å². The number of rotatable bonds is 4. The molecule has 0 spiro atoms. The lowest BCUT2D eigenvalue weighted by molar-refractivity contribution is 0.0952. The van der Waals surface area contributed by atoms with Gasteiger partial charge in [-0.2, -0.15) is 0 Å². The van der Waals surface area contributed by atoms with E-state index >= 15 is 0 Å². The standard InChI is InChI=1S/C22H15Cl2N3O/c23-18-9-8-14(11-19(18)24)21-12-17(16-6-1-2-7-20(16)27-21)22(28)26-13-15-5-3-4-10-25-15/h1-12H,13H2,(H,26,28). The summed E-state index contributed by atoms with van der Waals surface area (Å²) in [5, 5.41) is 4.62. The molecule has 0 bridgehead atoms. The first kappa shape index (κ1) is 18.4. The summed E-state index contributed by atoms with van der Waals surface area (Å²) >= 11 is 12.2. The maximum atomic E-state index is 12.9. The molecule has 0 saturated carbocycles. The van der Waals surface area contributed by atoms with Crippen molar-refractivity contribution in [3.8, 4) is 11.3 Å². The van der Waals surface area contributed by atoms with Crippen LogP contribution in [0.4, 0.5) is 0 Å². The molecule has 0 aliphatic rings. The fourth-order valence-electron chi connectivity index (χ4n) is 2.94. The number of hydrogen-bond donors (Lipinski definition) is 1. The number of pyridine rings is 2. The Morgan fingerprint density at radius 1 is 0.929 bits per heavy atom. The van der Waals surface area contributed by atoms with E-state index < -0.39 is 0 Å². The Balaban J connectivity index is 1.73. The molecule has 1 N–H and O–H groups in total. The minimum absolute atomic E-state index is 0.189. The van der Waals surface area contributed by atoms with Crippen molar-refractivity contribution in [2.24, 2.45) is 0 Å².